The molecule has 0 atom stereocenters. The first-order chi connectivity index (χ1) is 15.2. The van der Waals surface area contributed by atoms with Crippen molar-refractivity contribution in [3.8, 4) is 23.1 Å². The van der Waals surface area contributed by atoms with E-state index >= 15 is 0 Å². The number of benzene rings is 2. The Morgan fingerprint density at radius 2 is 1.94 bits per heavy atom. The number of hydrogen-bond donors (Lipinski definition) is 0. The van der Waals surface area contributed by atoms with Crippen LogP contribution in [-0.2, 0) is 9.47 Å². The Morgan fingerprint density at radius 3 is 2.65 bits per heavy atom. The summed E-state index contributed by atoms with van der Waals surface area (Å²) in [7, 11) is 1.49. The van der Waals surface area contributed by atoms with Crippen LogP contribution in [0.1, 0.15) is 34.0 Å². The summed E-state index contributed by atoms with van der Waals surface area (Å²) in [5.74, 6) is -0.243. The molecule has 0 unspecified atom stereocenters. The van der Waals surface area contributed by atoms with E-state index < -0.39 is 5.97 Å². The SMILES string of the molecule is CCOC(=O)c1cc(-c2ccc(/C=C/c3ccccc3)c(C#N)c2)ncc1OCOC. The van der Waals surface area contributed by atoms with Gasteiger partial charge in [0.15, 0.2) is 12.5 Å². The highest BCUT2D eigenvalue weighted by atomic mass is 16.7. The van der Waals surface area contributed by atoms with E-state index in [-0.39, 0.29) is 24.7 Å². The van der Waals surface area contributed by atoms with Crippen molar-refractivity contribution in [2.45, 2.75) is 6.92 Å². The minimum absolute atomic E-state index is 0.0194. The molecule has 0 N–H and O–H groups in total. The molecule has 3 rings (SSSR count). The van der Waals surface area contributed by atoms with E-state index in [2.05, 4.69) is 11.1 Å². The van der Waals surface area contributed by atoms with E-state index in [0.717, 1.165) is 11.1 Å². The van der Waals surface area contributed by atoms with Crippen molar-refractivity contribution in [2.24, 2.45) is 0 Å². The van der Waals surface area contributed by atoms with Gasteiger partial charge in [-0.15, -0.1) is 0 Å². The molecular formula is C25H22N2O4. The molecule has 1 heterocycles. The number of aromatic nitrogens is 1. The van der Waals surface area contributed by atoms with Crippen molar-refractivity contribution in [1.82, 2.24) is 4.98 Å². The fourth-order valence-electron chi connectivity index (χ4n) is 2.91. The van der Waals surface area contributed by atoms with Gasteiger partial charge in [-0.2, -0.15) is 5.26 Å². The molecule has 0 aliphatic carbocycles. The molecule has 0 aliphatic rings. The Hall–Kier alpha value is -3.95. The third-order valence-electron chi connectivity index (χ3n) is 4.42. The normalized spacial score (nSPS) is 10.6. The number of pyridine rings is 1. The standard InChI is InChI=1S/C25H22N2O4/c1-3-30-25(28)22-14-23(27-16-24(22)31-17-29-2)20-12-11-19(21(13-20)15-26)10-9-18-7-5-4-6-8-18/h4-14,16H,3,17H2,1-2H3/b10-9+. The van der Waals surface area contributed by atoms with Gasteiger partial charge in [-0.05, 0) is 30.2 Å². The number of hydrogen-bond acceptors (Lipinski definition) is 6. The van der Waals surface area contributed by atoms with Crippen molar-refractivity contribution in [3.05, 3.63) is 83.0 Å². The molecular weight excluding hydrogens is 392 g/mol. The lowest BCUT2D eigenvalue weighted by molar-refractivity contribution is 0.0436. The van der Waals surface area contributed by atoms with Crippen LogP contribution < -0.4 is 4.74 Å². The first kappa shape index (κ1) is 21.8. The lowest BCUT2D eigenvalue weighted by Gasteiger charge is -2.12. The Bertz CT molecular complexity index is 1120. The van der Waals surface area contributed by atoms with Crippen LogP contribution in [0.25, 0.3) is 23.4 Å². The summed E-state index contributed by atoms with van der Waals surface area (Å²) in [6.45, 7) is 1.95. The van der Waals surface area contributed by atoms with Gasteiger partial charge in [-0.1, -0.05) is 54.6 Å². The van der Waals surface area contributed by atoms with Gasteiger partial charge in [0.25, 0.3) is 0 Å². The van der Waals surface area contributed by atoms with Crippen LogP contribution in [0.15, 0.2) is 60.8 Å². The Morgan fingerprint density at radius 1 is 1.13 bits per heavy atom. The predicted molar refractivity (Wildman–Crippen MR) is 118 cm³/mol. The van der Waals surface area contributed by atoms with E-state index in [9.17, 15) is 10.1 Å². The minimum Gasteiger partial charge on any atom is -0.465 e. The lowest BCUT2D eigenvalue weighted by Crippen LogP contribution is -2.10. The predicted octanol–water partition coefficient (Wildman–Crippen LogP) is 4.95. The summed E-state index contributed by atoms with van der Waals surface area (Å²) in [6, 6.07) is 19.1. The number of carbonyl (C=O) groups is 1. The highest BCUT2D eigenvalue weighted by Gasteiger charge is 2.17. The van der Waals surface area contributed by atoms with E-state index in [0.29, 0.717) is 16.8 Å². The average Bonchev–Trinajstić information content (AvgIpc) is 2.82. The molecule has 0 bridgehead atoms. The van der Waals surface area contributed by atoms with Crippen LogP contribution >= 0.6 is 0 Å². The Balaban J connectivity index is 1.94. The molecule has 0 radical (unpaired) electrons. The maximum Gasteiger partial charge on any atom is 0.342 e. The van der Waals surface area contributed by atoms with Gasteiger partial charge < -0.3 is 14.2 Å². The zero-order valence-electron chi connectivity index (χ0n) is 17.4. The van der Waals surface area contributed by atoms with E-state index in [1.807, 2.05) is 54.6 Å². The number of rotatable bonds is 8. The molecule has 156 valence electrons. The van der Waals surface area contributed by atoms with Crippen LogP contribution in [0.5, 0.6) is 5.75 Å². The fraction of sp³-hybridized carbons (Fsp3) is 0.160. The summed E-state index contributed by atoms with van der Waals surface area (Å²) in [4.78, 5) is 16.8. The lowest BCUT2D eigenvalue weighted by atomic mass is 10.0. The second-order valence-corrected chi connectivity index (χ2v) is 6.49. The van der Waals surface area contributed by atoms with Crippen LogP contribution in [0.2, 0.25) is 0 Å². The monoisotopic (exact) mass is 414 g/mol. The van der Waals surface area contributed by atoms with Gasteiger partial charge in [0, 0.05) is 12.7 Å². The molecule has 0 fully saturated rings. The van der Waals surface area contributed by atoms with E-state index in [4.69, 9.17) is 14.2 Å². The molecule has 0 aliphatic heterocycles. The average molecular weight is 414 g/mol. The molecule has 3 aromatic rings. The van der Waals surface area contributed by atoms with Gasteiger partial charge in [-0.3, -0.25) is 4.98 Å². The number of esters is 1. The molecule has 1 aromatic heterocycles. The van der Waals surface area contributed by atoms with Crippen molar-refractivity contribution < 1.29 is 19.0 Å². The molecule has 6 nitrogen and oxygen atoms in total. The van der Waals surface area contributed by atoms with Crippen LogP contribution in [0.3, 0.4) is 0 Å². The summed E-state index contributed by atoms with van der Waals surface area (Å²) >= 11 is 0. The third kappa shape index (κ3) is 5.56. The molecule has 6 heteroatoms. The van der Waals surface area contributed by atoms with Gasteiger partial charge in [0.2, 0.25) is 0 Å². The smallest absolute Gasteiger partial charge is 0.342 e. The number of nitrogens with zero attached hydrogens (tertiary/aromatic N) is 2. The van der Waals surface area contributed by atoms with Gasteiger partial charge >= 0.3 is 5.97 Å². The van der Waals surface area contributed by atoms with Crippen LogP contribution in [-0.4, -0.2) is 31.5 Å². The summed E-state index contributed by atoms with van der Waals surface area (Å²) in [5, 5.41) is 9.63. The first-order valence-electron chi connectivity index (χ1n) is 9.72. The minimum atomic E-state index is -0.514. The highest BCUT2D eigenvalue weighted by Crippen LogP contribution is 2.27. The molecule has 31 heavy (non-hydrogen) atoms. The number of ether oxygens (including phenoxy) is 3. The number of methoxy groups -OCH3 is 1. The van der Waals surface area contributed by atoms with Crippen LogP contribution in [0, 0.1) is 11.3 Å². The Kier molecular flexibility index (Phi) is 7.52. The topological polar surface area (TPSA) is 81.4 Å². The molecule has 2 aromatic carbocycles. The zero-order valence-corrected chi connectivity index (χ0v) is 17.4. The second-order valence-electron chi connectivity index (χ2n) is 6.49. The molecule has 0 amide bonds. The highest BCUT2D eigenvalue weighted by molar-refractivity contribution is 5.93. The van der Waals surface area contributed by atoms with E-state index in [1.54, 1.807) is 19.1 Å². The second kappa shape index (κ2) is 10.7. The third-order valence-corrected chi connectivity index (χ3v) is 4.42. The zero-order chi connectivity index (χ0) is 22.1. The molecule has 0 saturated heterocycles. The molecule has 0 spiro atoms. The summed E-state index contributed by atoms with van der Waals surface area (Å²) in [5.41, 5.74) is 3.82. The van der Waals surface area contributed by atoms with Gasteiger partial charge in [0.1, 0.15) is 5.56 Å². The first-order valence-corrected chi connectivity index (χ1v) is 9.72. The van der Waals surface area contributed by atoms with Crippen LogP contribution in [0.4, 0.5) is 0 Å². The fourth-order valence-corrected chi connectivity index (χ4v) is 2.91. The maximum atomic E-state index is 12.4. The maximum absolute atomic E-state index is 12.4. The number of nitriles is 1. The summed E-state index contributed by atoms with van der Waals surface area (Å²) in [6.07, 6.45) is 5.31. The van der Waals surface area contributed by atoms with Crippen molar-refractivity contribution in [2.75, 3.05) is 20.5 Å². The van der Waals surface area contributed by atoms with Crippen molar-refractivity contribution >= 4 is 18.1 Å². The number of carbonyl (C=O) groups excluding carboxylic acids is 1. The van der Waals surface area contributed by atoms with Gasteiger partial charge in [-0.25, -0.2) is 4.79 Å². The van der Waals surface area contributed by atoms with Crippen molar-refractivity contribution in [1.29, 1.82) is 5.26 Å². The van der Waals surface area contributed by atoms with Crippen molar-refractivity contribution in [3.63, 3.8) is 0 Å². The van der Waals surface area contributed by atoms with Gasteiger partial charge in [0.05, 0.1) is 30.1 Å². The largest absolute Gasteiger partial charge is 0.465 e. The quantitative estimate of drug-likeness (QED) is 0.295. The summed E-state index contributed by atoms with van der Waals surface area (Å²) < 4.78 is 15.5. The van der Waals surface area contributed by atoms with E-state index in [1.165, 1.54) is 13.3 Å². The Labute approximate surface area is 181 Å². The molecule has 0 saturated carbocycles.